The highest BCUT2D eigenvalue weighted by atomic mass is 35.5. The number of nitrogens with one attached hydrogen (secondary N) is 2. The third kappa shape index (κ3) is 13.6. The van der Waals surface area contributed by atoms with Crippen molar-refractivity contribution in [2.75, 3.05) is 22.9 Å². The molecule has 0 heterocycles. The molecule has 1 amide bonds. The van der Waals surface area contributed by atoms with Crippen molar-refractivity contribution < 1.29 is 32.3 Å². The Hall–Kier alpha value is -3.11. The number of ether oxygens (including phenoxy) is 2. The summed E-state index contributed by atoms with van der Waals surface area (Å²) in [7, 11) is -2.35. The molecule has 0 saturated heterocycles. The lowest BCUT2D eigenvalue weighted by atomic mass is 9.93. The molecule has 0 radical (unpaired) electrons. The van der Waals surface area contributed by atoms with Crippen molar-refractivity contribution in [3.8, 4) is 5.75 Å². The van der Waals surface area contributed by atoms with Crippen molar-refractivity contribution in [1.82, 2.24) is 0 Å². The molecule has 0 aromatic heterocycles. The van der Waals surface area contributed by atoms with Crippen molar-refractivity contribution in [1.29, 1.82) is 0 Å². The summed E-state index contributed by atoms with van der Waals surface area (Å²) in [6.45, 7) is 4.14. The number of hydrogen-bond donors (Lipinski definition) is 2. The van der Waals surface area contributed by atoms with Crippen LogP contribution in [0.15, 0.2) is 42.5 Å². The number of halogens is 1. The Morgan fingerprint density at radius 1 is 0.816 bits per heavy atom. The van der Waals surface area contributed by atoms with Gasteiger partial charge in [0.05, 0.1) is 34.8 Å². The van der Waals surface area contributed by atoms with Crippen LogP contribution in [0, 0.1) is 5.41 Å². The molecule has 2 aromatic carbocycles. The Morgan fingerprint density at radius 2 is 1.37 bits per heavy atom. The third-order valence-corrected chi connectivity index (χ3v) is 11.0. The quantitative estimate of drug-likeness (QED) is 0.0595. The van der Waals surface area contributed by atoms with Crippen LogP contribution in [0.3, 0.4) is 0 Å². The van der Waals surface area contributed by atoms with Crippen molar-refractivity contribution >= 4 is 50.7 Å². The molecule has 1 aliphatic carbocycles. The molecule has 1 saturated carbocycles. The van der Waals surface area contributed by atoms with E-state index in [0.717, 1.165) is 19.3 Å². The van der Waals surface area contributed by atoms with Gasteiger partial charge in [0, 0.05) is 5.41 Å². The number of ketones is 1. The zero-order valence-corrected chi connectivity index (χ0v) is 31.1. The van der Waals surface area contributed by atoms with Crippen LogP contribution in [0.5, 0.6) is 5.75 Å². The molecule has 2 aromatic rings. The van der Waals surface area contributed by atoms with E-state index in [2.05, 4.69) is 17.0 Å². The molecule has 2 N–H and O–H groups in total. The topological polar surface area (TPSA) is 128 Å². The molecule has 1 aliphatic rings. The molecule has 0 spiro atoms. The predicted molar refractivity (Wildman–Crippen MR) is 197 cm³/mol. The lowest BCUT2D eigenvalue weighted by molar-refractivity contribution is -0.138. The molecule has 0 bridgehead atoms. The van der Waals surface area contributed by atoms with Gasteiger partial charge < -0.3 is 14.8 Å². The van der Waals surface area contributed by atoms with Crippen molar-refractivity contribution in [2.45, 2.75) is 129 Å². The van der Waals surface area contributed by atoms with E-state index in [1.165, 1.54) is 114 Å². The summed E-state index contributed by atoms with van der Waals surface area (Å²) in [5.74, 6) is -1.38. The minimum atomic E-state index is -3.62. The Balaban J connectivity index is 1.49. The minimum absolute atomic E-state index is 0.00631. The number of benzene rings is 2. The maximum absolute atomic E-state index is 13.5. The molecule has 1 unspecified atom stereocenters. The van der Waals surface area contributed by atoms with Gasteiger partial charge in [-0.3, -0.25) is 14.3 Å². The van der Waals surface area contributed by atoms with Crippen LogP contribution in [0.25, 0.3) is 0 Å². The van der Waals surface area contributed by atoms with Crippen LogP contribution in [-0.2, 0) is 24.3 Å². The zero-order chi connectivity index (χ0) is 35.7. The summed E-state index contributed by atoms with van der Waals surface area (Å²) in [4.78, 5) is 38.9. The van der Waals surface area contributed by atoms with E-state index in [1.807, 2.05) is 6.92 Å². The van der Waals surface area contributed by atoms with E-state index in [4.69, 9.17) is 21.1 Å². The Labute approximate surface area is 298 Å². The zero-order valence-electron chi connectivity index (χ0n) is 29.5. The smallest absolute Gasteiger partial charge is 0.337 e. The van der Waals surface area contributed by atoms with E-state index in [9.17, 15) is 22.8 Å². The molecule has 3 rings (SSSR count). The van der Waals surface area contributed by atoms with Crippen LogP contribution in [0.4, 0.5) is 11.4 Å². The summed E-state index contributed by atoms with van der Waals surface area (Å²) in [5.41, 5.74) is 0.0547. The number of hydrogen-bond acceptors (Lipinski definition) is 7. The van der Waals surface area contributed by atoms with E-state index in [-0.39, 0.29) is 33.7 Å². The molecule has 9 nitrogen and oxygen atoms in total. The van der Waals surface area contributed by atoms with Crippen LogP contribution in [0.2, 0.25) is 5.02 Å². The van der Waals surface area contributed by atoms with Crippen LogP contribution in [-0.4, -0.2) is 45.0 Å². The second kappa shape index (κ2) is 20.5. The Morgan fingerprint density at radius 3 is 1.88 bits per heavy atom. The second-order valence-corrected chi connectivity index (χ2v) is 15.5. The first kappa shape index (κ1) is 40.3. The monoisotopic (exact) mass is 718 g/mol. The lowest BCUT2D eigenvalue weighted by Crippen LogP contribution is -2.43. The molecule has 0 aliphatic heterocycles. The highest BCUT2D eigenvalue weighted by Crippen LogP contribution is 2.50. The number of unbranched alkanes of at least 4 members (excludes halogenated alkanes) is 13. The average molecular weight is 719 g/mol. The Kier molecular flexibility index (Phi) is 16.9. The van der Waals surface area contributed by atoms with Gasteiger partial charge in [-0.1, -0.05) is 109 Å². The first-order chi connectivity index (χ1) is 23.5. The molecule has 11 heteroatoms. The van der Waals surface area contributed by atoms with E-state index in [0.29, 0.717) is 31.2 Å². The fourth-order valence-corrected chi connectivity index (χ4v) is 7.29. The van der Waals surface area contributed by atoms with Gasteiger partial charge in [0.2, 0.25) is 16.1 Å². The van der Waals surface area contributed by atoms with Gasteiger partial charge in [0.1, 0.15) is 5.75 Å². The highest BCUT2D eigenvalue weighted by molar-refractivity contribution is 7.92. The summed E-state index contributed by atoms with van der Waals surface area (Å²) >= 11 is 6.39. The molecule has 1 fully saturated rings. The summed E-state index contributed by atoms with van der Waals surface area (Å²) in [6.07, 6.45) is 17.0. The molecular weight excluding hydrogens is 664 g/mol. The normalized spacial score (nSPS) is 14.1. The molecule has 49 heavy (non-hydrogen) atoms. The highest BCUT2D eigenvalue weighted by Gasteiger charge is 2.53. The summed E-state index contributed by atoms with van der Waals surface area (Å²) < 4.78 is 38.9. The summed E-state index contributed by atoms with van der Waals surface area (Å²) in [5, 5.41) is 2.85. The van der Waals surface area contributed by atoms with Crippen molar-refractivity contribution in [2.24, 2.45) is 5.41 Å². The van der Waals surface area contributed by atoms with Gasteiger partial charge in [-0.25, -0.2) is 13.2 Å². The minimum Gasteiger partial charge on any atom is -0.473 e. The third-order valence-electron chi connectivity index (χ3n) is 9.32. The number of carbonyl (C=O) groups is 3. The number of sulfonamides is 1. The van der Waals surface area contributed by atoms with Crippen molar-refractivity contribution in [3.05, 3.63) is 53.1 Å². The Bertz CT molecular complexity index is 1460. The maximum atomic E-state index is 13.5. The van der Waals surface area contributed by atoms with Crippen LogP contribution in [0.1, 0.15) is 133 Å². The second-order valence-electron chi connectivity index (χ2n) is 13.2. The van der Waals surface area contributed by atoms with Crippen LogP contribution < -0.4 is 14.8 Å². The molecule has 272 valence electrons. The van der Waals surface area contributed by atoms with Crippen molar-refractivity contribution in [3.63, 3.8) is 0 Å². The summed E-state index contributed by atoms with van der Waals surface area (Å²) in [6, 6.07) is 10.4. The number of rotatable bonds is 25. The largest absolute Gasteiger partial charge is 0.473 e. The van der Waals surface area contributed by atoms with E-state index in [1.54, 1.807) is 0 Å². The number of esters is 1. The first-order valence-corrected chi connectivity index (χ1v) is 20.1. The van der Waals surface area contributed by atoms with E-state index >= 15 is 0 Å². The number of Topliss-reactive ketones (excluding diaryl/α,β-unsaturated/α-hetero) is 1. The average Bonchev–Trinajstić information content (AvgIpc) is 3.90. The SMILES string of the molecule is CCCCCCCCCCCCCCCCS(=O)(=O)Nc1ccc(Cl)c(NC(=O)C(Oc2ccc(C(=O)OC)cc2)C(=O)C2(CC)CC2)c1. The van der Waals surface area contributed by atoms with Gasteiger partial charge in [-0.15, -0.1) is 0 Å². The maximum Gasteiger partial charge on any atom is 0.337 e. The van der Waals surface area contributed by atoms with Gasteiger partial charge in [-0.05, 0) is 68.1 Å². The fourth-order valence-electron chi connectivity index (χ4n) is 5.95. The molecule has 1 atom stereocenters. The standard InChI is InChI=1S/C38H55ClN2O7S/c1-4-6-7-8-9-10-11-12-13-14-15-16-17-18-27-49(45,46)41-30-21-24-32(39)33(28-30)40-36(43)34(35(42)38(5-2)25-26-38)48-31-22-19-29(20-23-31)37(44)47-3/h19-24,28,34,41H,4-18,25-27H2,1-3H3,(H,40,43). The number of amides is 1. The number of anilines is 2. The first-order valence-electron chi connectivity index (χ1n) is 18.0. The predicted octanol–water partition coefficient (Wildman–Crippen LogP) is 9.49. The van der Waals surface area contributed by atoms with Gasteiger partial charge in [0.15, 0.2) is 5.78 Å². The van der Waals surface area contributed by atoms with Crippen LogP contribution >= 0.6 is 11.6 Å². The van der Waals surface area contributed by atoms with Gasteiger partial charge >= 0.3 is 5.97 Å². The number of methoxy groups -OCH3 is 1. The van der Waals surface area contributed by atoms with E-state index < -0.39 is 33.4 Å². The van der Waals surface area contributed by atoms with Gasteiger partial charge in [0.25, 0.3) is 5.91 Å². The number of carbonyl (C=O) groups excluding carboxylic acids is 3. The fraction of sp³-hybridized carbons (Fsp3) is 0.605. The lowest BCUT2D eigenvalue weighted by Gasteiger charge is -2.22. The van der Waals surface area contributed by atoms with Gasteiger partial charge in [-0.2, -0.15) is 0 Å². The molecular formula is C38H55ClN2O7S.